The summed E-state index contributed by atoms with van der Waals surface area (Å²) in [6, 6.07) is 13.9. The van der Waals surface area contributed by atoms with E-state index in [0.29, 0.717) is 11.3 Å². The Balaban J connectivity index is 2.06. The standard InChI is InChI=1S/C20H21NO5/c1-13(19(23)21(3)4)25-20(24)17-7-5-15(6-8-17)16-9-11-18(12-10-16)26-14(2)22/h5-13H,1-4H3/t13-/m0/s1. The average Bonchev–Trinajstić information content (AvgIpc) is 2.61. The Morgan fingerprint density at radius 3 is 1.85 bits per heavy atom. The minimum absolute atomic E-state index is 0.275. The highest BCUT2D eigenvalue weighted by atomic mass is 16.5. The van der Waals surface area contributed by atoms with Crippen LogP contribution in [0.4, 0.5) is 0 Å². The third kappa shape index (κ3) is 4.92. The molecule has 0 N–H and O–H groups in total. The van der Waals surface area contributed by atoms with E-state index < -0.39 is 12.1 Å². The molecule has 0 unspecified atom stereocenters. The largest absolute Gasteiger partial charge is 0.449 e. The Kier molecular flexibility index (Phi) is 6.11. The van der Waals surface area contributed by atoms with Gasteiger partial charge in [0, 0.05) is 21.0 Å². The smallest absolute Gasteiger partial charge is 0.338 e. The van der Waals surface area contributed by atoms with E-state index in [4.69, 9.17) is 9.47 Å². The van der Waals surface area contributed by atoms with Crippen molar-refractivity contribution in [2.45, 2.75) is 20.0 Å². The lowest BCUT2D eigenvalue weighted by molar-refractivity contribution is -0.137. The number of carbonyl (C=O) groups excluding carboxylic acids is 3. The lowest BCUT2D eigenvalue weighted by Gasteiger charge is -2.17. The molecular formula is C20H21NO5. The number of esters is 2. The van der Waals surface area contributed by atoms with Crippen LogP contribution in [0.15, 0.2) is 48.5 Å². The number of ether oxygens (including phenoxy) is 2. The fraction of sp³-hybridized carbons (Fsp3) is 0.250. The predicted molar refractivity (Wildman–Crippen MR) is 96.8 cm³/mol. The van der Waals surface area contributed by atoms with Crippen molar-refractivity contribution in [3.63, 3.8) is 0 Å². The van der Waals surface area contributed by atoms with Gasteiger partial charge in [0.15, 0.2) is 6.10 Å². The van der Waals surface area contributed by atoms with Crippen molar-refractivity contribution in [3.8, 4) is 16.9 Å². The molecule has 0 heterocycles. The fourth-order valence-electron chi connectivity index (χ4n) is 2.32. The molecule has 0 bridgehead atoms. The molecule has 2 aromatic carbocycles. The van der Waals surface area contributed by atoms with Crippen molar-refractivity contribution < 1.29 is 23.9 Å². The van der Waals surface area contributed by atoms with Crippen molar-refractivity contribution >= 4 is 17.8 Å². The van der Waals surface area contributed by atoms with E-state index >= 15 is 0 Å². The molecule has 1 atom stereocenters. The molecular weight excluding hydrogens is 334 g/mol. The highest BCUT2D eigenvalue weighted by Crippen LogP contribution is 2.23. The summed E-state index contributed by atoms with van der Waals surface area (Å²) in [7, 11) is 3.21. The van der Waals surface area contributed by atoms with E-state index in [9.17, 15) is 14.4 Å². The highest BCUT2D eigenvalue weighted by molar-refractivity contribution is 5.92. The summed E-state index contributed by atoms with van der Waals surface area (Å²) in [6.07, 6.45) is -0.842. The number of hydrogen-bond acceptors (Lipinski definition) is 5. The third-order valence-corrected chi connectivity index (χ3v) is 3.64. The number of benzene rings is 2. The van der Waals surface area contributed by atoms with Gasteiger partial charge in [0.25, 0.3) is 5.91 Å². The van der Waals surface area contributed by atoms with Gasteiger partial charge in [0.1, 0.15) is 5.75 Å². The number of nitrogens with zero attached hydrogens (tertiary/aromatic N) is 1. The summed E-state index contributed by atoms with van der Waals surface area (Å²) >= 11 is 0. The van der Waals surface area contributed by atoms with Crippen molar-refractivity contribution in [1.29, 1.82) is 0 Å². The molecule has 2 rings (SSSR count). The van der Waals surface area contributed by atoms with Gasteiger partial charge >= 0.3 is 11.9 Å². The van der Waals surface area contributed by atoms with Crippen LogP contribution in [0, 0.1) is 0 Å². The maximum Gasteiger partial charge on any atom is 0.338 e. The zero-order valence-corrected chi connectivity index (χ0v) is 15.2. The van der Waals surface area contributed by atoms with E-state index in [1.54, 1.807) is 57.4 Å². The number of rotatable bonds is 5. The predicted octanol–water partition coefficient (Wildman–Crippen LogP) is 2.91. The van der Waals surface area contributed by atoms with Crippen LogP contribution in [0.1, 0.15) is 24.2 Å². The molecule has 0 fully saturated rings. The molecule has 0 radical (unpaired) electrons. The molecule has 6 nitrogen and oxygen atoms in total. The minimum Gasteiger partial charge on any atom is -0.449 e. The zero-order chi connectivity index (χ0) is 19.3. The molecule has 0 aliphatic heterocycles. The van der Waals surface area contributed by atoms with Gasteiger partial charge in [-0.2, -0.15) is 0 Å². The monoisotopic (exact) mass is 355 g/mol. The van der Waals surface area contributed by atoms with E-state index in [2.05, 4.69) is 0 Å². The molecule has 0 spiro atoms. The Bertz CT molecular complexity index is 794. The SMILES string of the molecule is CC(=O)Oc1ccc(-c2ccc(C(=O)O[C@@H](C)C(=O)N(C)C)cc2)cc1. The Labute approximate surface area is 152 Å². The minimum atomic E-state index is -0.842. The van der Waals surface area contributed by atoms with Gasteiger partial charge in [0.05, 0.1) is 5.56 Å². The first-order valence-corrected chi connectivity index (χ1v) is 8.09. The van der Waals surface area contributed by atoms with E-state index in [-0.39, 0.29) is 11.9 Å². The van der Waals surface area contributed by atoms with Crippen molar-refractivity contribution in [3.05, 3.63) is 54.1 Å². The first-order valence-electron chi connectivity index (χ1n) is 8.09. The highest BCUT2D eigenvalue weighted by Gasteiger charge is 2.20. The quantitative estimate of drug-likeness (QED) is 0.609. The summed E-state index contributed by atoms with van der Waals surface area (Å²) in [5.41, 5.74) is 2.18. The number of likely N-dealkylation sites (N-methyl/N-ethyl adjacent to an activating group) is 1. The van der Waals surface area contributed by atoms with Crippen LogP contribution in [0.5, 0.6) is 5.75 Å². The molecule has 6 heteroatoms. The van der Waals surface area contributed by atoms with Crippen LogP contribution in [0.25, 0.3) is 11.1 Å². The van der Waals surface area contributed by atoms with Gasteiger partial charge in [-0.3, -0.25) is 9.59 Å². The third-order valence-electron chi connectivity index (χ3n) is 3.64. The van der Waals surface area contributed by atoms with Crippen LogP contribution in [0.2, 0.25) is 0 Å². The Hall–Kier alpha value is -3.15. The van der Waals surface area contributed by atoms with Crippen LogP contribution >= 0.6 is 0 Å². The van der Waals surface area contributed by atoms with E-state index in [1.165, 1.54) is 11.8 Å². The van der Waals surface area contributed by atoms with Gasteiger partial charge in [-0.1, -0.05) is 24.3 Å². The van der Waals surface area contributed by atoms with Crippen molar-refractivity contribution in [2.24, 2.45) is 0 Å². The lowest BCUT2D eigenvalue weighted by Crippen LogP contribution is -2.34. The van der Waals surface area contributed by atoms with Crippen LogP contribution < -0.4 is 4.74 Å². The Morgan fingerprint density at radius 2 is 1.38 bits per heavy atom. The van der Waals surface area contributed by atoms with Gasteiger partial charge < -0.3 is 14.4 Å². The van der Waals surface area contributed by atoms with Gasteiger partial charge in [-0.25, -0.2) is 4.79 Å². The molecule has 1 amide bonds. The van der Waals surface area contributed by atoms with Gasteiger partial charge in [-0.15, -0.1) is 0 Å². The van der Waals surface area contributed by atoms with Crippen molar-refractivity contribution in [2.75, 3.05) is 14.1 Å². The fourth-order valence-corrected chi connectivity index (χ4v) is 2.32. The second-order valence-electron chi connectivity index (χ2n) is 5.98. The number of amides is 1. The summed E-state index contributed by atoms with van der Waals surface area (Å²) in [5, 5.41) is 0. The number of carbonyl (C=O) groups is 3. The molecule has 0 saturated heterocycles. The molecule has 0 aliphatic rings. The Morgan fingerprint density at radius 1 is 0.885 bits per heavy atom. The van der Waals surface area contributed by atoms with Crippen LogP contribution in [-0.4, -0.2) is 42.9 Å². The topological polar surface area (TPSA) is 72.9 Å². The molecule has 136 valence electrons. The number of hydrogen-bond donors (Lipinski definition) is 0. The second-order valence-corrected chi connectivity index (χ2v) is 5.98. The van der Waals surface area contributed by atoms with Gasteiger partial charge in [-0.05, 0) is 42.3 Å². The zero-order valence-electron chi connectivity index (χ0n) is 15.2. The van der Waals surface area contributed by atoms with E-state index in [1.807, 2.05) is 12.1 Å². The second kappa shape index (κ2) is 8.29. The average molecular weight is 355 g/mol. The molecule has 0 aliphatic carbocycles. The van der Waals surface area contributed by atoms with E-state index in [0.717, 1.165) is 11.1 Å². The molecule has 26 heavy (non-hydrogen) atoms. The molecule has 0 saturated carbocycles. The maximum absolute atomic E-state index is 12.1. The lowest BCUT2D eigenvalue weighted by atomic mass is 10.0. The van der Waals surface area contributed by atoms with Crippen LogP contribution in [0.3, 0.4) is 0 Å². The summed E-state index contributed by atoms with van der Waals surface area (Å²) in [5.74, 6) is -0.726. The molecule has 2 aromatic rings. The van der Waals surface area contributed by atoms with Crippen LogP contribution in [-0.2, 0) is 14.3 Å². The first-order chi connectivity index (χ1) is 12.3. The summed E-state index contributed by atoms with van der Waals surface area (Å²) in [4.78, 5) is 36.2. The summed E-state index contributed by atoms with van der Waals surface area (Å²) in [6.45, 7) is 2.89. The van der Waals surface area contributed by atoms with Gasteiger partial charge in [0.2, 0.25) is 0 Å². The molecule has 0 aromatic heterocycles. The maximum atomic E-state index is 12.1. The normalized spacial score (nSPS) is 11.4. The first kappa shape index (κ1) is 19.2. The summed E-state index contributed by atoms with van der Waals surface area (Å²) < 4.78 is 10.2. The van der Waals surface area contributed by atoms with Crippen molar-refractivity contribution in [1.82, 2.24) is 4.90 Å².